The summed E-state index contributed by atoms with van der Waals surface area (Å²) in [6.45, 7) is 2.14. The third kappa shape index (κ3) is 4.33. The lowest BCUT2D eigenvalue weighted by Crippen LogP contribution is -2.36. The Morgan fingerprint density at radius 3 is 2.50 bits per heavy atom. The molecule has 0 aliphatic heterocycles. The molecule has 22 heavy (non-hydrogen) atoms. The Labute approximate surface area is 133 Å². The largest absolute Gasteiger partial charge is 0.350 e. The maximum Gasteiger partial charge on any atom is 0.272 e. The van der Waals surface area contributed by atoms with Gasteiger partial charge in [0.25, 0.3) is 5.91 Å². The predicted octanol–water partition coefficient (Wildman–Crippen LogP) is 1.43. The lowest BCUT2D eigenvalue weighted by molar-refractivity contribution is -0.120. The van der Waals surface area contributed by atoms with E-state index >= 15 is 0 Å². The summed E-state index contributed by atoms with van der Waals surface area (Å²) in [5, 5.41) is 9.95. The van der Waals surface area contributed by atoms with Crippen LogP contribution in [0, 0.1) is 6.92 Å². The molecule has 2 aromatic rings. The Morgan fingerprint density at radius 1 is 1.23 bits per heavy atom. The van der Waals surface area contributed by atoms with E-state index in [9.17, 15) is 9.59 Å². The average molecular weight is 321 g/mol. The van der Waals surface area contributed by atoms with E-state index in [1.807, 2.05) is 19.1 Å². The molecule has 0 saturated heterocycles. The van der Waals surface area contributed by atoms with Crippen molar-refractivity contribution in [3.63, 3.8) is 0 Å². The van der Waals surface area contributed by atoms with Gasteiger partial charge >= 0.3 is 0 Å². The Hall–Kier alpha value is -2.34. The first-order valence-electron chi connectivity index (χ1n) is 6.75. The van der Waals surface area contributed by atoms with Crippen molar-refractivity contribution in [1.29, 1.82) is 0 Å². The number of benzene rings is 1. The van der Waals surface area contributed by atoms with Crippen LogP contribution in [0.5, 0.6) is 0 Å². The number of rotatable bonds is 5. The topological polar surface area (TPSA) is 76.0 Å². The number of amides is 2. The van der Waals surface area contributed by atoms with Gasteiger partial charge in [-0.2, -0.15) is 5.10 Å². The van der Waals surface area contributed by atoms with Gasteiger partial charge < -0.3 is 10.6 Å². The number of aromatic nitrogens is 2. The third-order valence-corrected chi connectivity index (χ3v) is 3.41. The number of hydrogen-bond acceptors (Lipinski definition) is 3. The summed E-state index contributed by atoms with van der Waals surface area (Å²) in [5.41, 5.74) is 2.10. The van der Waals surface area contributed by atoms with E-state index in [0.717, 1.165) is 11.3 Å². The van der Waals surface area contributed by atoms with Crippen LogP contribution in [0.3, 0.4) is 0 Å². The van der Waals surface area contributed by atoms with Crippen molar-refractivity contribution in [3.05, 3.63) is 52.3 Å². The molecule has 0 bridgehead atoms. The molecule has 1 aromatic carbocycles. The van der Waals surface area contributed by atoms with Crippen LogP contribution < -0.4 is 10.6 Å². The lowest BCUT2D eigenvalue weighted by atomic mass is 10.2. The molecule has 0 unspecified atom stereocenters. The van der Waals surface area contributed by atoms with E-state index < -0.39 is 0 Å². The first kappa shape index (κ1) is 16.0. The minimum atomic E-state index is -0.370. The van der Waals surface area contributed by atoms with E-state index in [1.54, 1.807) is 29.9 Å². The number of hydrogen-bond donors (Lipinski definition) is 2. The summed E-state index contributed by atoms with van der Waals surface area (Å²) in [6, 6.07) is 8.85. The monoisotopic (exact) mass is 320 g/mol. The lowest BCUT2D eigenvalue weighted by Gasteiger charge is -2.06. The fraction of sp³-hybridized carbons (Fsp3) is 0.267. The summed E-state index contributed by atoms with van der Waals surface area (Å²) >= 11 is 5.79. The number of aryl methyl sites for hydroxylation is 2. The number of nitrogens with one attached hydrogen (secondary N) is 2. The molecule has 2 N–H and O–H groups in total. The highest BCUT2D eigenvalue weighted by Crippen LogP contribution is 2.09. The maximum atomic E-state index is 11.8. The van der Waals surface area contributed by atoms with Crippen LogP contribution in [0.15, 0.2) is 30.3 Å². The molecule has 6 nitrogen and oxygen atoms in total. The maximum absolute atomic E-state index is 11.8. The minimum Gasteiger partial charge on any atom is -0.350 e. The van der Waals surface area contributed by atoms with Gasteiger partial charge in [-0.25, -0.2) is 0 Å². The fourth-order valence-corrected chi connectivity index (χ4v) is 1.91. The molecule has 2 amide bonds. The Morgan fingerprint density at radius 2 is 1.91 bits per heavy atom. The minimum absolute atomic E-state index is 0.0952. The van der Waals surface area contributed by atoms with Crippen molar-refractivity contribution in [3.8, 4) is 0 Å². The summed E-state index contributed by atoms with van der Waals surface area (Å²) in [7, 11) is 1.75. The molecule has 0 spiro atoms. The quantitative estimate of drug-likeness (QED) is 0.875. The summed E-state index contributed by atoms with van der Waals surface area (Å²) in [5.74, 6) is -0.638. The molecule has 0 fully saturated rings. The molecular weight excluding hydrogens is 304 g/mol. The molecule has 1 aromatic heterocycles. The number of halogens is 1. The number of carbonyl (C=O) groups excluding carboxylic acids is 2. The molecule has 7 heteroatoms. The van der Waals surface area contributed by atoms with E-state index in [0.29, 0.717) is 17.3 Å². The standard InChI is InChI=1S/C15H17ClN4O2/c1-10-7-13(19-20(10)2)15(22)18-9-14(21)17-8-11-3-5-12(16)6-4-11/h3-7H,8-9H2,1-2H3,(H,17,21)(H,18,22). The summed E-state index contributed by atoms with van der Waals surface area (Å²) in [4.78, 5) is 23.6. The average Bonchev–Trinajstić information content (AvgIpc) is 2.84. The SMILES string of the molecule is Cc1cc(C(=O)NCC(=O)NCc2ccc(Cl)cc2)nn1C. The Balaban J connectivity index is 1.77. The van der Waals surface area contributed by atoms with Gasteiger partial charge in [-0.1, -0.05) is 23.7 Å². The highest BCUT2D eigenvalue weighted by Gasteiger charge is 2.12. The van der Waals surface area contributed by atoms with Crippen molar-refractivity contribution in [1.82, 2.24) is 20.4 Å². The molecule has 116 valence electrons. The van der Waals surface area contributed by atoms with Gasteiger partial charge in [0, 0.05) is 24.3 Å². The van der Waals surface area contributed by atoms with Crippen molar-refractivity contribution >= 4 is 23.4 Å². The number of carbonyl (C=O) groups is 2. The van der Waals surface area contributed by atoms with Gasteiger partial charge in [0.15, 0.2) is 0 Å². The third-order valence-electron chi connectivity index (χ3n) is 3.16. The van der Waals surface area contributed by atoms with E-state index in [-0.39, 0.29) is 18.4 Å². The Kier molecular flexibility index (Phi) is 5.16. The molecule has 0 aliphatic carbocycles. The van der Waals surface area contributed by atoms with Gasteiger partial charge in [0.05, 0.1) is 6.54 Å². The molecule has 0 radical (unpaired) electrons. The van der Waals surface area contributed by atoms with Crippen LogP contribution in [0.2, 0.25) is 5.02 Å². The van der Waals surface area contributed by atoms with E-state index in [4.69, 9.17) is 11.6 Å². The van der Waals surface area contributed by atoms with Crippen LogP contribution in [-0.4, -0.2) is 28.1 Å². The van der Waals surface area contributed by atoms with Crippen LogP contribution in [0.1, 0.15) is 21.7 Å². The molecule has 0 atom stereocenters. The number of nitrogens with zero attached hydrogens (tertiary/aromatic N) is 2. The van der Waals surface area contributed by atoms with Gasteiger partial charge in [-0.3, -0.25) is 14.3 Å². The first-order chi connectivity index (χ1) is 10.5. The zero-order valence-electron chi connectivity index (χ0n) is 12.4. The van der Waals surface area contributed by atoms with Gasteiger partial charge in [0.1, 0.15) is 5.69 Å². The van der Waals surface area contributed by atoms with Crippen LogP contribution in [0.25, 0.3) is 0 Å². The van der Waals surface area contributed by atoms with Gasteiger partial charge in [-0.05, 0) is 30.7 Å². The second-order valence-electron chi connectivity index (χ2n) is 4.88. The van der Waals surface area contributed by atoms with Crippen LogP contribution in [0.4, 0.5) is 0 Å². The molecule has 1 heterocycles. The van der Waals surface area contributed by atoms with Crippen LogP contribution >= 0.6 is 11.6 Å². The molecule has 0 aliphatic rings. The highest BCUT2D eigenvalue weighted by atomic mass is 35.5. The summed E-state index contributed by atoms with van der Waals surface area (Å²) < 4.78 is 1.61. The van der Waals surface area contributed by atoms with Gasteiger partial charge in [0.2, 0.25) is 5.91 Å². The molecular formula is C15H17ClN4O2. The van der Waals surface area contributed by atoms with Gasteiger partial charge in [-0.15, -0.1) is 0 Å². The second kappa shape index (κ2) is 7.09. The fourth-order valence-electron chi connectivity index (χ4n) is 1.79. The van der Waals surface area contributed by atoms with Crippen molar-refractivity contribution in [2.75, 3.05) is 6.54 Å². The zero-order chi connectivity index (χ0) is 16.1. The molecule has 2 rings (SSSR count). The predicted molar refractivity (Wildman–Crippen MR) is 83.6 cm³/mol. The highest BCUT2D eigenvalue weighted by molar-refractivity contribution is 6.30. The van der Waals surface area contributed by atoms with E-state index in [1.165, 1.54) is 0 Å². The van der Waals surface area contributed by atoms with Crippen molar-refractivity contribution in [2.24, 2.45) is 7.05 Å². The van der Waals surface area contributed by atoms with Crippen LogP contribution in [-0.2, 0) is 18.4 Å². The van der Waals surface area contributed by atoms with Crippen molar-refractivity contribution < 1.29 is 9.59 Å². The molecule has 0 saturated carbocycles. The second-order valence-corrected chi connectivity index (χ2v) is 5.32. The van der Waals surface area contributed by atoms with E-state index in [2.05, 4.69) is 15.7 Å². The summed E-state index contributed by atoms with van der Waals surface area (Å²) in [6.07, 6.45) is 0. The zero-order valence-corrected chi connectivity index (χ0v) is 13.1. The van der Waals surface area contributed by atoms with Crippen molar-refractivity contribution in [2.45, 2.75) is 13.5 Å². The first-order valence-corrected chi connectivity index (χ1v) is 7.13. The smallest absolute Gasteiger partial charge is 0.272 e. The Bertz CT molecular complexity index is 660. The normalized spacial score (nSPS) is 10.3.